The highest BCUT2D eigenvalue weighted by molar-refractivity contribution is 7.99. The lowest BCUT2D eigenvalue weighted by molar-refractivity contribution is 0.100. The summed E-state index contributed by atoms with van der Waals surface area (Å²) in [7, 11) is 0. The van der Waals surface area contributed by atoms with Crippen molar-refractivity contribution in [2.24, 2.45) is 5.73 Å². The van der Waals surface area contributed by atoms with Crippen LogP contribution in [0.4, 0.5) is 5.82 Å². The Morgan fingerprint density at radius 3 is 3.00 bits per heavy atom. The number of hydrogen-bond acceptors (Lipinski definition) is 5. The Morgan fingerprint density at radius 1 is 1.41 bits per heavy atom. The highest BCUT2D eigenvalue weighted by Gasteiger charge is 2.19. The van der Waals surface area contributed by atoms with Crippen molar-refractivity contribution in [2.45, 2.75) is 6.42 Å². The van der Waals surface area contributed by atoms with Crippen LogP contribution in [-0.4, -0.2) is 40.7 Å². The lowest BCUT2D eigenvalue weighted by Crippen LogP contribution is -2.29. The van der Waals surface area contributed by atoms with E-state index in [1.54, 1.807) is 0 Å². The number of anilines is 1. The maximum atomic E-state index is 11.4. The summed E-state index contributed by atoms with van der Waals surface area (Å²) in [5.74, 6) is 2.17. The van der Waals surface area contributed by atoms with E-state index in [1.165, 1.54) is 6.07 Å². The number of aromatic nitrogens is 2. The van der Waals surface area contributed by atoms with Gasteiger partial charge in [0, 0.05) is 18.8 Å². The summed E-state index contributed by atoms with van der Waals surface area (Å²) in [6, 6.07) is 1.48. The first kappa shape index (κ1) is 12.4. The van der Waals surface area contributed by atoms with E-state index < -0.39 is 5.91 Å². The van der Waals surface area contributed by atoms with Crippen LogP contribution >= 0.6 is 23.4 Å². The molecule has 2 rings (SSSR count). The summed E-state index contributed by atoms with van der Waals surface area (Å²) >= 11 is 7.63. The minimum Gasteiger partial charge on any atom is -0.365 e. The number of carbonyl (C=O) groups is 1. The van der Waals surface area contributed by atoms with Gasteiger partial charge < -0.3 is 10.6 Å². The number of primary amides is 1. The van der Waals surface area contributed by atoms with Crippen molar-refractivity contribution in [3.63, 3.8) is 0 Å². The molecule has 1 amide bonds. The smallest absolute Gasteiger partial charge is 0.252 e. The molecule has 1 aromatic heterocycles. The summed E-state index contributed by atoms with van der Waals surface area (Å²) in [5.41, 5.74) is 5.68. The van der Waals surface area contributed by atoms with Crippen LogP contribution in [0.25, 0.3) is 0 Å². The fraction of sp³-hybridized carbons (Fsp3) is 0.500. The van der Waals surface area contributed by atoms with Gasteiger partial charge in [0.25, 0.3) is 5.91 Å². The van der Waals surface area contributed by atoms with Crippen molar-refractivity contribution in [3.05, 3.63) is 16.8 Å². The molecule has 0 bridgehead atoms. The minimum atomic E-state index is -0.520. The van der Waals surface area contributed by atoms with Gasteiger partial charge in [-0.25, -0.2) is 0 Å². The third kappa shape index (κ3) is 3.01. The van der Waals surface area contributed by atoms with Gasteiger partial charge in [0.2, 0.25) is 0 Å². The predicted octanol–water partition coefficient (Wildman–Crippen LogP) is 1.17. The van der Waals surface area contributed by atoms with Crippen LogP contribution in [0.5, 0.6) is 0 Å². The second kappa shape index (κ2) is 5.55. The van der Waals surface area contributed by atoms with Gasteiger partial charge in [-0.2, -0.15) is 11.8 Å². The molecule has 1 aliphatic rings. The summed E-state index contributed by atoms with van der Waals surface area (Å²) in [6.07, 6.45) is 1.06. The van der Waals surface area contributed by atoms with Crippen LogP contribution in [-0.2, 0) is 0 Å². The number of hydrogen-bond donors (Lipinski definition) is 1. The van der Waals surface area contributed by atoms with E-state index in [0.717, 1.165) is 31.0 Å². The largest absolute Gasteiger partial charge is 0.365 e. The zero-order valence-electron chi connectivity index (χ0n) is 9.23. The predicted molar refractivity (Wildman–Crippen MR) is 69.7 cm³/mol. The summed E-state index contributed by atoms with van der Waals surface area (Å²) in [4.78, 5) is 13.4. The van der Waals surface area contributed by atoms with Gasteiger partial charge in [-0.3, -0.25) is 4.79 Å². The molecular formula is C10H13ClN4OS. The molecule has 92 valence electrons. The summed E-state index contributed by atoms with van der Waals surface area (Å²) in [5, 5.41) is 7.97. The van der Waals surface area contributed by atoms with Gasteiger partial charge in [0.1, 0.15) is 0 Å². The number of thioether (sulfide) groups is 1. The van der Waals surface area contributed by atoms with Crippen molar-refractivity contribution < 1.29 is 4.79 Å². The molecule has 0 unspecified atom stereocenters. The second-order valence-electron chi connectivity index (χ2n) is 3.72. The molecule has 5 nitrogen and oxygen atoms in total. The molecule has 0 saturated carbocycles. The van der Waals surface area contributed by atoms with Crippen LogP contribution in [0.1, 0.15) is 16.8 Å². The van der Waals surface area contributed by atoms with E-state index in [1.807, 2.05) is 16.7 Å². The molecule has 0 aromatic carbocycles. The van der Waals surface area contributed by atoms with Gasteiger partial charge in [0.05, 0.1) is 5.56 Å². The Balaban J connectivity index is 2.32. The number of carbonyl (C=O) groups excluding carboxylic acids is 1. The maximum absolute atomic E-state index is 11.4. The van der Waals surface area contributed by atoms with Gasteiger partial charge in [-0.15, -0.1) is 10.2 Å². The first-order chi connectivity index (χ1) is 8.18. The molecule has 1 aromatic rings. The van der Waals surface area contributed by atoms with Gasteiger partial charge in [-0.05, 0) is 18.2 Å². The molecule has 1 aliphatic heterocycles. The molecule has 17 heavy (non-hydrogen) atoms. The zero-order chi connectivity index (χ0) is 12.3. The van der Waals surface area contributed by atoms with Crippen LogP contribution in [0.3, 0.4) is 0 Å². The van der Waals surface area contributed by atoms with Gasteiger partial charge >= 0.3 is 0 Å². The summed E-state index contributed by atoms with van der Waals surface area (Å²) < 4.78 is 0. The lowest BCUT2D eigenvalue weighted by atomic mass is 10.2. The fourth-order valence-electron chi connectivity index (χ4n) is 1.73. The van der Waals surface area contributed by atoms with Crippen molar-refractivity contribution in [1.29, 1.82) is 0 Å². The molecule has 1 fully saturated rings. The molecule has 2 N–H and O–H groups in total. The molecule has 1 saturated heterocycles. The van der Waals surface area contributed by atoms with E-state index in [4.69, 9.17) is 17.3 Å². The maximum Gasteiger partial charge on any atom is 0.252 e. The van der Waals surface area contributed by atoms with E-state index in [9.17, 15) is 4.79 Å². The number of halogens is 1. The molecule has 7 heteroatoms. The number of amides is 1. The molecule has 0 aliphatic carbocycles. The van der Waals surface area contributed by atoms with Gasteiger partial charge in [-0.1, -0.05) is 11.6 Å². The van der Waals surface area contributed by atoms with Crippen molar-refractivity contribution >= 4 is 35.1 Å². The highest BCUT2D eigenvalue weighted by Crippen LogP contribution is 2.22. The fourth-order valence-corrected chi connectivity index (χ4v) is 2.77. The Morgan fingerprint density at radius 2 is 2.24 bits per heavy atom. The third-order valence-electron chi connectivity index (χ3n) is 2.53. The van der Waals surface area contributed by atoms with Crippen LogP contribution in [0.15, 0.2) is 6.07 Å². The minimum absolute atomic E-state index is 0.187. The normalized spacial score (nSPS) is 16.6. The van der Waals surface area contributed by atoms with Crippen molar-refractivity contribution in [2.75, 3.05) is 29.5 Å². The molecule has 0 radical (unpaired) electrons. The Bertz CT molecular complexity index is 421. The Kier molecular flexibility index (Phi) is 4.06. The van der Waals surface area contributed by atoms with E-state index in [-0.39, 0.29) is 5.15 Å². The zero-order valence-corrected chi connectivity index (χ0v) is 10.8. The first-order valence-electron chi connectivity index (χ1n) is 5.34. The van der Waals surface area contributed by atoms with E-state index >= 15 is 0 Å². The number of rotatable bonds is 2. The van der Waals surface area contributed by atoms with Crippen molar-refractivity contribution in [3.8, 4) is 0 Å². The topological polar surface area (TPSA) is 72.1 Å². The summed E-state index contributed by atoms with van der Waals surface area (Å²) in [6.45, 7) is 1.71. The molecular weight excluding hydrogens is 260 g/mol. The Hall–Kier alpha value is -1.01. The van der Waals surface area contributed by atoms with Crippen LogP contribution < -0.4 is 10.6 Å². The molecule has 0 spiro atoms. The monoisotopic (exact) mass is 272 g/mol. The Labute approximate surface area is 109 Å². The van der Waals surface area contributed by atoms with E-state index in [2.05, 4.69) is 10.2 Å². The average Bonchev–Trinajstić information content (AvgIpc) is 2.57. The van der Waals surface area contributed by atoms with Crippen LogP contribution in [0.2, 0.25) is 5.15 Å². The third-order valence-corrected chi connectivity index (χ3v) is 3.77. The quantitative estimate of drug-likeness (QED) is 0.875. The molecule has 0 atom stereocenters. The SMILES string of the molecule is NC(=O)c1cc(Cl)nnc1N1CCCSCC1. The van der Waals surface area contributed by atoms with Gasteiger partial charge in [0.15, 0.2) is 11.0 Å². The number of nitrogens with zero attached hydrogens (tertiary/aromatic N) is 3. The second-order valence-corrected chi connectivity index (χ2v) is 5.33. The van der Waals surface area contributed by atoms with Crippen molar-refractivity contribution in [1.82, 2.24) is 10.2 Å². The highest BCUT2D eigenvalue weighted by atomic mass is 35.5. The van der Waals surface area contributed by atoms with E-state index in [0.29, 0.717) is 11.4 Å². The first-order valence-corrected chi connectivity index (χ1v) is 6.87. The lowest BCUT2D eigenvalue weighted by Gasteiger charge is -2.22. The number of nitrogens with two attached hydrogens (primary N) is 1. The molecule has 2 heterocycles. The average molecular weight is 273 g/mol. The van der Waals surface area contributed by atoms with Crippen LogP contribution in [0, 0.1) is 0 Å². The standard InChI is InChI=1S/C10H13ClN4OS/c11-8-6-7(9(12)16)10(14-13-8)15-2-1-4-17-5-3-15/h6H,1-5H2,(H2,12,16).